The van der Waals surface area contributed by atoms with Crippen LogP contribution >= 0.6 is 0 Å². The number of fused-ring (bicyclic) bond motifs is 3. The third kappa shape index (κ3) is 3.31. The molecule has 1 aliphatic rings. The molecule has 26 heavy (non-hydrogen) atoms. The summed E-state index contributed by atoms with van der Waals surface area (Å²) in [5.74, 6) is -1.28. The summed E-state index contributed by atoms with van der Waals surface area (Å²) in [6.07, 6.45) is 8.88. The number of aliphatic hydroxyl groups excluding tert-OH is 1. The van der Waals surface area contributed by atoms with Crippen LogP contribution in [0.4, 0.5) is 0 Å². The number of aromatic carboxylic acids is 1. The van der Waals surface area contributed by atoms with Gasteiger partial charge in [-0.15, -0.1) is 0 Å². The van der Waals surface area contributed by atoms with Crippen LogP contribution in [0, 0.1) is 0 Å². The number of carbonyl (C=O) groups is 1. The van der Waals surface area contributed by atoms with Gasteiger partial charge < -0.3 is 19.6 Å². The summed E-state index contributed by atoms with van der Waals surface area (Å²) in [6, 6.07) is 1.84. The molecular formula is C17H16LiN5O3. The van der Waals surface area contributed by atoms with Gasteiger partial charge in [-0.3, -0.25) is 9.67 Å². The van der Waals surface area contributed by atoms with E-state index in [1.165, 1.54) is 4.68 Å². The Morgan fingerprint density at radius 2 is 2.12 bits per heavy atom. The summed E-state index contributed by atoms with van der Waals surface area (Å²) in [6.45, 7) is 0.367. The van der Waals surface area contributed by atoms with Crippen LogP contribution in [0.2, 0.25) is 0 Å². The fourth-order valence-electron chi connectivity index (χ4n) is 3.33. The van der Waals surface area contributed by atoms with E-state index in [2.05, 4.69) is 15.1 Å². The minimum atomic E-state index is -1.28. The molecule has 4 rings (SSSR count). The first-order valence-electron chi connectivity index (χ1n) is 8.01. The van der Waals surface area contributed by atoms with Gasteiger partial charge in [0, 0.05) is 35.9 Å². The summed E-state index contributed by atoms with van der Waals surface area (Å²) >= 11 is 0. The van der Waals surface area contributed by atoms with E-state index in [0.29, 0.717) is 30.6 Å². The van der Waals surface area contributed by atoms with E-state index in [4.69, 9.17) is 0 Å². The Hall–Kier alpha value is -2.40. The predicted molar refractivity (Wildman–Crippen MR) is 85.4 cm³/mol. The number of imidazole rings is 1. The van der Waals surface area contributed by atoms with Crippen molar-refractivity contribution >= 4 is 5.97 Å². The average Bonchev–Trinajstić information content (AvgIpc) is 3.21. The van der Waals surface area contributed by atoms with E-state index >= 15 is 0 Å². The molecule has 0 bridgehead atoms. The van der Waals surface area contributed by atoms with Gasteiger partial charge in [-0.1, -0.05) is 0 Å². The minimum Gasteiger partial charge on any atom is -0.543 e. The fraction of sp³-hybridized carbons (Fsp3) is 0.294. The maximum absolute atomic E-state index is 11.7. The molecule has 0 spiro atoms. The fourth-order valence-corrected chi connectivity index (χ4v) is 3.33. The number of aryl methyl sites for hydroxylation is 1. The first kappa shape index (κ1) is 18.4. The first-order chi connectivity index (χ1) is 12.1. The van der Waals surface area contributed by atoms with Crippen molar-refractivity contribution < 1.29 is 33.9 Å². The van der Waals surface area contributed by atoms with Gasteiger partial charge in [0.25, 0.3) is 0 Å². The molecule has 0 aromatic carbocycles. The Balaban J connectivity index is 0.00000196. The van der Waals surface area contributed by atoms with Crippen molar-refractivity contribution in [1.29, 1.82) is 0 Å². The van der Waals surface area contributed by atoms with Gasteiger partial charge in [0.15, 0.2) is 0 Å². The van der Waals surface area contributed by atoms with Crippen molar-refractivity contribution in [2.45, 2.75) is 32.0 Å². The molecule has 9 heteroatoms. The van der Waals surface area contributed by atoms with Gasteiger partial charge in [0.1, 0.15) is 0 Å². The Labute approximate surface area is 161 Å². The molecule has 128 valence electrons. The largest absolute Gasteiger partial charge is 1.00 e. The SMILES string of the molecule is O=C([O-])c1c2c(nn1CC(O)Cn1ccnc1)-c1ccncc1CC2.[Li+]. The van der Waals surface area contributed by atoms with E-state index in [1.807, 2.05) is 6.07 Å². The number of rotatable bonds is 5. The quantitative estimate of drug-likeness (QED) is 0.485. The van der Waals surface area contributed by atoms with Crippen LogP contribution in [0.5, 0.6) is 0 Å². The Morgan fingerprint density at radius 3 is 2.85 bits per heavy atom. The zero-order chi connectivity index (χ0) is 17.4. The standard InChI is InChI=1S/C17H17N5O3.Li/c23-12(8-21-6-5-19-10-21)9-22-16(17(24)25)14-2-1-11-7-18-4-3-13(11)15(14)20-22;/h3-7,10,12,23H,1-2,8-9H2,(H,24,25);/q;+1/p-1. The second-order valence-corrected chi connectivity index (χ2v) is 6.09. The molecule has 8 nitrogen and oxygen atoms in total. The zero-order valence-electron chi connectivity index (χ0n) is 14.4. The number of carbonyl (C=O) groups excluding carboxylic acids is 1. The summed E-state index contributed by atoms with van der Waals surface area (Å²) in [7, 11) is 0. The van der Waals surface area contributed by atoms with Crippen LogP contribution in [0.1, 0.15) is 21.6 Å². The molecule has 1 atom stereocenters. The van der Waals surface area contributed by atoms with Crippen LogP contribution in [0.25, 0.3) is 11.3 Å². The van der Waals surface area contributed by atoms with Crippen LogP contribution < -0.4 is 24.0 Å². The number of carboxylic acid groups (broad SMARTS) is 1. The van der Waals surface area contributed by atoms with E-state index in [-0.39, 0.29) is 31.1 Å². The van der Waals surface area contributed by atoms with Crippen molar-refractivity contribution in [1.82, 2.24) is 24.3 Å². The Kier molecular flexibility index (Phi) is 5.27. The number of hydrogen-bond donors (Lipinski definition) is 1. The van der Waals surface area contributed by atoms with E-state index < -0.39 is 12.1 Å². The molecule has 0 saturated heterocycles. The molecule has 0 amide bonds. The van der Waals surface area contributed by atoms with E-state index in [9.17, 15) is 15.0 Å². The molecule has 0 aliphatic heterocycles. The second kappa shape index (κ2) is 7.46. The number of pyridine rings is 1. The van der Waals surface area contributed by atoms with Gasteiger partial charge >= 0.3 is 18.9 Å². The number of aromatic nitrogens is 5. The third-order valence-corrected chi connectivity index (χ3v) is 4.41. The van der Waals surface area contributed by atoms with Crippen LogP contribution in [0.15, 0.2) is 37.2 Å². The second-order valence-electron chi connectivity index (χ2n) is 6.09. The molecular weight excluding hydrogens is 329 g/mol. The molecule has 0 fully saturated rings. The molecule has 3 heterocycles. The molecule has 1 unspecified atom stereocenters. The summed E-state index contributed by atoms with van der Waals surface area (Å²) in [5, 5.41) is 26.5. The van der Waals surface area contributed by atoms with Crippen LogP contribution in [-0.2, 0) is 25.9 Å². The van der Waals surface area contributed by atoms with Gasteiger partial charge in [-0.25, -0.2) is 4.98 Å². The number of nitrogens with zero attached hydrogens (tertiary/aromatic N) is 5. The van der Waals surface area contributed by atoms with Gasteiger partial charge in [-0.05, 0) is 24.5 Å². The molecule has 3 aromatic heterocycles. The smallest absolute Gasteiger partial charge is 0.543 e. The normalized spacial score (nSPS) is 13.4. The maximum atomic E-state index is 11.7. The average molecular weight is 345 g/mol. The van der Waals surface area contributed by atoms with Gasteiger partial charge in [0.05, 0.1) is 42.9 Å². The molecule has 0 radical (unpaired) electrons. The molecule has 0 saturated carbocycles. The molecule has 1 N–H and O–H groups in total. The monoisotopic (exact) mass is 345 g/mol. The molecule has 3 aromatic rings. The Bertz CT molecular complexity index is 923. The van der Waals surface area contributed by atoms with Crippen molar-refractivity contribution in [3.63, 3.8) is 0 Å². The molecule has 1 aliphatic carbocycles. The Morgan fingerprint density at radius 1 is 1.27 bits per heavy atom. The van der Waals surface area contributed by atoms with E-state index in [0.717, 1.165) is 11.1 Å². The van der Waals surface area contributed by atoms with Gasteiger partial charge in [0.2, 0.25) is 0 Å². The predicted octanol–water partition coefficient (Wildman–Crippen LogP) is -3.33. The summed E-state index contributed by atoms with van der Waals surface area (Å²) in [5.41, 5.74) is 3.28. The summed E-state index contributed by atoms with van der Waals surface area (Å²) < 4.78 is 3.07. The topological polar surface area (TPSA) is 109 Å². The van der Waals surface area contributed by atoms with Crippen molar-refractivity contribution in [3.8, 4) is 11.3 Å². The van der Waals surface area contributed by atoms with Crippen molar-refractivity contribution in [3.05, 3.63) is 54.0 Å². The number of hydrogen-bond acceptors (Lipinski definition) is 6. The minimum absolute atomic E-state index is 0. The third-order valence-electron chi connectivity index (χ3n) is 4.41. The van der Waals surface area contributed by atoms with E-state index in [1.54, 1.807) is 35.7 Å². The zero-order valence-corrected chi connectivity index (χ0v) is 14.4. The number of carboxylic acids is 1. The summed E-state index contributed by atoms with van der Waals surface area (Å²) in [4.78, 5) is 19.7. The number of aliphatic hydroxyl groups is 1. The van der Waals surface area contributed by atoms with Crippen LogP contribution in [-0.4, -0.2) is 41.5 Å². The first-order valence-corrected chi connectivity index (χ1v) is 8.01. The van der Waals surface area contributed by atoms with Crippen molar-refractivity contribution in [2.75, 3.05) is 0 Å². The van der Waals surface area contributed by atoms with Crippen LogP contribution in [0.3, 0.4) is 0 Å². The van der Waals surface area contributed by atoms with Gasteiger partial charge in [-0.2, -0.15) is 5.10 Å². The maximum Gasteiger partial charge on any atom is 1.00 e. The van der Waals surface area contributed by atoms with Crippen molar-refractivity contribution in [2.24, 2.45) is 0 Å².